The molecule has 0 aliphatic carbocycles. The summed E-state index contributed by atoms with van der Waals surface area (Å²) >= 11 is 0. The Morgan fingerprint density at radius 2 is 1.57 bits per heavy atom. The third-order valence-corrected chi connectivity index (χ3v) is 7.16. The Labute approximate surface area is 167 Å². The molecule has 152 valence electrons. The van der Waals surface area contributed by atoms with Crippen molar-refractivity contribution < 1.29 is 17.9 Å². The van der Waals surface area contributed by atoms with Crippen molar-refractivity contribution >= 4 is 10.0 Å². The Bertz CT molecular complexity index is 935. The van der Waals surface area contributed by atoms with Crippen LogP contribution in [0.2, 0.25) is 0 Å². The number of benzene rings is 2. The molecule has 2 aromatic carbocycles. The number of ether oxygens (including phenoxy) is 2. The monoisotopic (exact) mass is 404 g/mol. The molecule has 0 unspecified atom stereocenters. The van der Waals surface area contributed by atoms with Gasteiger partial charge < -0.3 is 9.47 Å². The highest BCUT2D eigenvalue weighted by molar-refractivity contribution is 7.89. The van der Waals surface area contributed by atoms with Crippen LogP contribution >= 0.6 is 0 Å². The Kier molecular flexibility index (Phi) is 6.27. The van der Waals surface area contributed by atoms with Crippen molar-refractivity contribution in [2.75, 3.05) is 40.4 Å². The standard InChI is InChI=1S/C21H28N2O4S/c1-16-6-5-7-18(12-16)15-22-8-10-23(11-9-22)28(24,25)21-14-20(27-4)19(26-3)13-17(21)2/h5-7,12-14H,8-11,15H2,1-4H3. The minimum absolute atomic E-state index is 0.275. The summed E-state index contributed by atoms with van der Waals surface area (Å²) in [5.74, 6) is 0.951. The summed E-state index contributed by atoms with van der Waals surface area (Å²) in [4.78, 5) is 2.57. The molecule has 0 bridgehead atoms. The predicted molar refractivity (Wildman–Crippen MR) is 109 cm³/mol. The molecule has 0 amide bonds. The van der Waals surface area contributed by atoms with E-state index in [0.29, 0.717) is 43.2 Å². The number of piperazine rings is 1. The first-order chi connectivity index (χ1) is 13.3. The van der Waals surface area contributed by atoms with Gasteiger partial charge in [0.2, 0.25) is 10.0 Å². The second-order valence-corrected chi connectivity index (χ2v) is 9.05. The second kappa shape index (κ2) is 8.51. The van der Waals surface area contributed by atoms with E-state index >= 15 is 0 Å². The Morgan fingerprint density at radius 3 is 2.18 bits per heavy atom. The van der Waals surface area contributed by atoms with Crippen molar-refractivity contribution in [1.29, 1.82) is 0 Å². The summed E-state index contributed by atoms with van der Waals surface area (Å²) < 4.78 is 38.5. The van der Waals surface area contributed by atoms with Gasteiger partial charge in [-0.2, -0.15) is 4.31 Å². The average Bonchev–Trinajstić information content (AvgIpc) is 2.68. The summed E-state index contributed by atoms with van der Waals surface area (Å²) in [6, 6.07) is 11.7. The van der Waals surface area contributed by atoms with Crippen LogP contribution in [0.15, 0.2) is 41.3 Å². The second-order valence-electron chi connectivity index (χ2n) is 7.14. The number of sulfonamides is 1. The molecular formula is C21H28N2O4S. The van der Waals surface area contributed by atoms with E-state index in [2.05, 4.69) is 36.1 Å². The van der Waals surface area contributed by atoms with E-state index in [-0.39, 0.29) is 4.90 Å². The molecule has 1 heterocycles. The van der Waals surface area contributed by atoms with Gasteiger partial charge in [-0.05, 0) is 31.0 Å². The fraction of sp³-hybridized carbons (Fsp3) is 0.429. The SMILES string of the molecule is COc1cc(C)c(S(=O)(=O)N2CCN(Cc3cccc(C)c3)CC2)cc1OC. The fourth-order valence-electron chi connectivity index (χ4n) is 3.58. The van der Waals surface area contributed by atoms with Gasteiger partial charge in [-0.1, -0.05) is 29.8 Å². The van der Waals surface area contributed by atoms with Crippen LogP contribution in [0, 0.1) is 13.8 Å². The van der Waals surface area contributed by atoms with E-state index in [1.54, 1.807) is 30.5 Å². The summed E-state index contributed by atoms with van der Waals surface area (Å²) in [5, 5.41) is 0. The van der Waals surface area contributed by atoms with Gasteiger partial charge in [0.15, 0.2) is 11.5 Å². The van der Waals surface area contributed by atoms with Crippen LogP contribution in [0.1, 0.15) is 16.7 Å². The van der Waals surface area contributed by atoms with Crippen LogP contribution in [0.5, 0.6) is 11.5 Å². The van der Waals surface area contributed by atoms with Crippen molar-refractivity contribution in [3.05, 3.63) is 53.1 Å². The summed E-state index contributed by atoms with van der Waals surface area (Å²) in [5.41, 5.74) is 3.15. The first-order valence-corrected chi connectivity index (χ1v) is 10.8. The minimum atomic E-state index is -3.58. The van der Waals surface area contributed by atoms with Gasteiger partial charge in [0, 0.05) is 38.8 Å². The van der Waals surface area contributed by atoms with E-state index in [4.69, 9.17) is 9.47 Å². The normalized spacial score (nSPS) is 16.1. The van der Waals surface area contributed by atoms with Gasteiger partial charge in [-0.25, -0.2) is 8.42 Å². The van der Waals surface area contributed by atoms with Crippen molar-refractivity contribution in [3.63, 3.8) is 0 Å². The zero-order chi connectivity index (χ0) is 20.3. The van der Waals surface area contributed by atoms with E-state index in [1.165, 1.54) is 18.2 Å². The smallest absolute Gasteiger partial charge is 0.243 e. The lowest BCUT2D eigenvalue weighted by molar-refractivity contribution is 0.181. The van der Waals surface area contributed by atoms with Gasteiger partial charge in [-0.15, -0.1) is 0 Å². The lowest BCUT2D eigenvalue weighted by Crippen LogP contribution is -2.48. The Balaban J connectivity index is 1.73. The number of hydrogen-bond donors (Lipinski definition) is 0. The maximum atomic E-state index is 13.2. The third kappa shape index (κ3) is 4.32. The van der Waals surface area contributed by atoms with Crippen molar-refractivity contribution in [3.8, 4) is 11.5 Å². The Morgan fingerprint density at radius 1 is 0.929 bits per heavy atom. The third-order valence-electron chi connectivity index (χ3n) is 5.12. The van der Waals surface area contributed by atoms with Gasteiger partial charge in [0.1, 0.15) is 0 Å². The minimum Gasteiger partial charge on any atom is -0.493 e. The van der Waals surface area contributed by atoms with Gasteiger partial charge in [0.05, 0.1) is 19.1 Å². The van der Waals surface area contributed by atoms with Crippen molar-refractivity contribution in [2.24, 2.45) is 0 Å². The topological polar surface area (TPSA) is 59.1 Å². The van der Waals surface area contributed by atoms with Crippen LogP contribution in [-0.2, 0) is 16.6 Å². The van der Waals surface area contributed by atoms with Crippen LogP contribution in [0.25, 0.3) is 0 Å². The molecule has 0 radical (unpaired) electrons. The van der Waals surface area contributed by atoms with Crippen molar-refractivity contribution in [2.45, 2.75) is 25.3 Å². The number of methoxy groups -OCH3 is 2. The van der Waals surface area contributed by atoms with Gasteiger partial charge in [-0.3, -0.25) is 4.90 Å². The number of aryl methyl sites for hydroxylation is 2. The zero-order valence-electron chi connectivity index (χ0n) is 16.9. The van der Waals surface area contributed by atoms with E-state index in [0.717, 1.165) is 6.54 Å². The van der Waals surface area contributed by atoms with E-state index in [1.807, 2.05) is 0 Å². The van der Waals surface area contributed by atoms with E-state index < -0.39 is 10.0 Å². The first-order valence-electron chi connectivity index (χ1n) is 9.36. The number of nitrogens with zero attached hydrogens (tertiary/aromatic N) is 2. The molecule has 1 fully saturated rings. The molecule has 0 saturated carbocycles. The van der Waals surface area contributed by atoms with Gasteiger partial charge >= 0.3 is 0 Å². The number of hydrogen-bond acceptors (Lipinski definition) is 5. The van der Waals surface area contributed by atoms with E-state index in [9.17, 15) is 8.42 Å². The molecule has 0 N–H and O–H groups in total. The molecule has 0 spiro atoms. The molecule has 0 aromatic heterocycles. The van der Waals surface area contributed by atoms with Crippen LogP contribution in [-0.4, -0.2) is 58.0 Å². The molecule has 1 aliphatic rings. The van der Waals surface area contributed by atoms with Crippen molar-refractivity contribution in [1.82, 2.24) is 9.21 Å². The summed E-state index contributed by atoms with van der Waals surface area (Å²) in [7, 11) is -0.534. The molecule has 3 rings (SSSR count). The molecule has 1 aliphatic heterocycles. The molecule has 2 aromatic rings. The molecule has 28 heavy (non-hydrogen) atoms. The van der Waals surface area contributed by atoms with Gasteiger partial charge in [0.25, 0.3) is 0 Å². The molecular weight excluding hydrogens is 376 g/mol. The maximum absolute atomic E-state index is 13.2. The average molecular weight is 405 g/mol. The highest BCUT2D eigenvalue weighted by Crippen LogP contribution is 2.33. The van der Waals surface area contributed by atoms with Crippen LogP contribution in [0.3, 0.4) is 0 Å². The fourth-order valence-corrected chi connectivity index (χ4v) is 5.22. The highest BCUT2D eigenvalue weighted by atomic mass is 32.2. The molecule has 7 heteroatoms. The zero-order valence-corrected chi connectivity index (χ0v) is 17.8. The first kappa shape index (κ1) is 20.6. The Hall–Kier alpha value is -2.09. The highest BCUT2D eigenvalue weighted by Gasteiger charge is 2.30. The molecule has 0 atom stereocenters. The van der Waals surface area contributed by atoms with Crippen LogP contribution < -0.4 is 9.47 Å². The lowest BCUT2D eigenvalue weighted by atomic mass is 10.1. The maximum Gasteiger partial charge on any atom is 0.243 e. The quantitative estimate of drug-likeness (QED) is 0.741. The lowest BCUT2D eigenvalue weighted by Gasteiger charge is -2.34. The van der Waals surface area contributed by atoms with Crippen LogP contribution in [0.4, 0.5) is 0 Å². The predicted octanol–water partition coefficient (Wildman–Crippen LogP) is 2.83. The summed E-state index contributed by atoms with van der Waals surface area (Å²) in [6.45, 7) is 7.07. The molecule has 6 nitrogen and oxygen atoms in total. The molecule has 1 saturated heterocycles. The number of rotatable bonds is 6. The summed E-state index contributed by atoms with van der Waals surface area (Å²) in [6.07, 6.45) is 0. The largest absolute Gasteiger partial charge is 0.493 e.